The van der Waals surface area contributed by atoms with Gasteiger partial charge in [0.2, 0.25) is 5.91 Å². The van der Waals surface area contributed by atoms with Crippen molar-refractivity contribution >= 4 is 11.9 Å². The number of primary amides is 1. The number of carbonyl (C=O) groups is 2. The smallest absolute Gasteiger partial charge is 0.303 e. The van der Waals surface area contributed by atoms with Gasteiger partial charge in [0.05, 0.1) is 5.69 Å². The molecule has 1 aromatic heterocycles. The Morgan fingerprint density at radius 2 is 2.05 bits per heavy atom. The van der Waals surface area contributed by atoms with E-state index in [1.807, 2.05) is 0 Å². The lowest BCUT2D eigenvalue weighted by Gasteiger charge is -2.12. The molecule has 0 unspecified atom stereocenters. The molecule has 7 heteroatoms. The third-order valence-electron chi connectivity index (χ3n) is 2.96. The maximum Gasteiger partial charge on any atom is 0.303 e. The highest BCUT2D eigenvalue weighted by molar-refractivity contribution is 5.94. The molecule has 2 aromatic rings. The molecule has 2 rings (SSSR count). The minimum absolute atomic E-state index is 0.213. The molecular weight excluding hydrogens is 288 g/mol. The second kappa shape index (κ2) is 6.13. The fraction of sp³-hybridized carbons (Fsp3) is 0.133. The zero-order valence-electron chi connectivity index (χ0n) is 11.8. The third-order valence-corrected chi connectivity index (χ3v) is 2.96. The predicted molar refractivity (Wildman–Crippen MR) is 78.2 cm³/mol. The van der Waals surface area contributed by atoms with Crippen LogP contribution in [0.4, 0.5) is 0 Å². The van der Waals surface area contributed by atoms with Crippen LogP contribution in [0, 0.1) is 0 Å². The maximum atomic E-state index is 11.5. The Balaban J connectivity index is 2.58. The zero-order chi connectivity index (χ0) is 16.3. The van der Waals surface area contributed by atoms with E-state index < -0.39 is 17.4 Å². The van der Waals surface area contributed by atoms with E-state index in [0.29, 0.717) is 5.56 Å². The fourth-order valence-corrected chi connectivity index (χ4v) is 2.03. The normalized spacial score (nSPS) is 10.2. The Bertz CT molecular complexity index is 795. The van der Waals surface area contributed by atoms with Gasteiger partial charge in [-0.3, -0.25) is 14.4 Å². The van der Waals surface area contributed by atoms with Gasteiger partial charge < -0.3 is 20.6 Å². The largest absolute Gasteiger partial charge is 0.507 e. The van der Waals surface area contributed by atoms with Gasteiger partial charge in [-0.05, 0) is 17.7 Å². The number of pyridine rings is 1. The second-order valence-corrected chi connectivity index (χ2v) is 4.60. The molecule has 22 heavy (non-hydrogen) atoms. The van der Waals surface area contributed by atoms with Crippen LogP contribution in [0.5, 0.6) is 5.75 Å². The van der Waals surface area contributed by atoms with Gasteiger partial charge in [-0.15, -0.1) is 0 Å². The summed E-state index contributed by atoms with van der Waals surface area (Å²) >= 11 is 0. The van der Waals surface area contributed by atoms with E-state index in [1.165, 1.54) is 19.1 Å². The highest BCUT2D eigenvalue weighted by Gasteiger charge is 2.15. The van der Waals surface area contributed by atoms with Crippen LogP contribution in [0.1, 0.15) is 23.0 Å². The molecule has 0 fully saturated rings. The van der Waals surface area contributed by atoms with Crippen LogP contribution >= 0.6 is 0 Å². The van der Waals surface area contributed by atoms with Crippen LogP contribution in [0.3, 0.4) is 0 Å². The van der Waals surface area contributed by atoms with E-state index in [9.17, 15) is 19.5 Å². The number of benzene rings is 1. The van der Waals surface area contributed by atoms with Gasteiger partial charge in [-0.2, -0.15) is 0 Å². The van der Waals surface area contributed by atoms with Crippen molar-refractivity contribution in [2.45, 2.75) is 13.5 Å². The number of nitrogens with two attached hydrogens (primary N) is 1. The van der Waals surface area contributed by atoms with Crippen molar-refractivity contribution in [1.29, 1.82) is 0 Å². The third kappa shape index (κ3) is 3.32. The van der Waals surface area contributed by atoms with Gasteiger partial charge in [-0.1, -0.05) is 12.1 Å². The molecule has 114 valence electrons. The molecule has 7 nitrogen and oxygen atoms in total. The first-order valence-corrected chi connectivity index (χ1v) is 6.37. The molecule has 0 atom stereocenters. The van der Waals surface area contributed by atoms with Crippen LogP contribution in [0.25, 0.3) is 11.1 Å². The molecule has 0 aliphatic heterocycles. The molecule has 0 saturated carbocycles. The van der Waals surface area contributed by atoms with Gasteiger partial charge in [0.15, 0.2) is 0 Å². The number of amides is 1. The summed E-state index contributed by atoms with van der Waals surface area (Å²) in [5.74, 6) is -1.43. The first-order chi connectivity index (χ1) is 10.4. The molecule has 0 saturated heterocycles. The summed E-state index contributed by atoms with van der Waals surface area (Å²) in [6.07, 6.45) is 0. The quantitative estimate of drug-likeness (QED) is 0.724. The molecule has 0 aliphatic carbocycles. The lowest BCUT2D eigenvalue weighted by molar-refractivity contribution is -0.142. The van der Waals surface area contributed by atoms with Crippen molar-refractivity contribution in [3.63, 3.8) is 0 Å². The number of hydrogen-bond donors (Lipinski definition) is 3. The number of nitrogens with one attached hydrogen (secondary N) is 1. The van der Waals surface area contributed by atoms with Crippen LogP contribution in [0.2, 0.25) is 0 Å². The molecule has 0 aliphatic rings. The number of aromatic hydroxyl groups is 1. The SMILES string of the molecule is CC(=O)OCc1[nH]c(=O)cc(O)c1-c1cccc(C(N)=O)c1. The molecule has 0 radical (unpaired) electrons. The highest BCUT2D eigenvalue weighted by atomic mass is 16.5. The second-order valence-electron chi connectivity index (χ2n) is 4.60. The first-order valence-electron chi connectivity index (χ1n) is 6.37. The van der Waals surface area contributed by atoms with E-state index >= 15 is 0 Å². The monoisotopic (exact) mass is 302 g/mol. The summed E-state index contributed by atoms with van der Waals surface area (Å²) in [7, 11) is 0. The highest BCUT2D eigenvalue weighted by Crippen LogP contribution is 2.31. The van der Waals surface area contributed by atoms with Crippen molar-refractivity contribution in [3.8, 4) is 16.9 Å². The molecule has 0 spiro atoms. The van der Waals surface area contributed by atoms with E-state index in [1.54, 1.807) is 12.1 Å². The van der Waals surface area contributed by atoms with E-state index in [0.717, 1.165) is 6.07 Å². The van der Waals surface area contributed by atoms with E-state index in [4.69, 9.17) is 10.5 Å². The summed E-state index contributed by atoms with van der Waals surface area (Å²) in [6.45, 7) is 1.02. The molecule has 1 amide bonds. The number of esters is 1. The van der Waals surface area contributed by atoms with Crippen LogP contribution < -0.4 is 11.3 Å². The standard InChI is InChI=1S/C15H14N2O5/c1-8(18)22-7-11-14(12(19)6-13(20)17-11)9-3-2-4-10(5-9)15(16)21/h2-6H,7H2,1H3,(H2,16,21)(H2,17,19,20). The molecule has 1 heterocycles. The maximum absolute atomic E-state index is 11.5. The minimum atomic E-state index is -0.618. The van der Waals surface area contributed by atoms with Crippen molar-refractivity contribution in [1.82, 2.24) is 4.98 Å². The van der Waals surface area contributed by atoms with E-state index in [-0.39, 0.29) is 29.2 Å². The minimum Gasteiger partial charge on any atom is -0.507 e. The number of H-pyrrole nitrogens is 1. The summed E-state index contributed by atoms with van der Waals surface area (Å²) in [6, 6.07) is 7.24. The van der Waals surface area contributed by atoms with Gasteiger partial charge in [0, 0.05) is 24.1 Å². The summed E-state index contributed by atoms with van der Waals surface area (Å²) in [5, 5.41) is 10.0. The summed E-state index contributed by atoms with van der Waals surface area (Å²) < 4.78 is 4.87. The van der Waals surface area contributed by atoms with Gasteiger partial charge in [0.25, 0.3) is 5.56 Å². The molecule has 4 N–H and O–H groups in total. The Labute approximate surface area is 125 Å². The summed E-state index contributed by atoms with van der Waals surface area (Å²) in [5.41, 5.74) is 5.91. The topological polar surface area (TPSA) is 122 Å². The fourth-order valence-electron chi connectivity index (χ4n) is 2.03. The number of ether oxygens (including phenoxy) is 1. The van der Waals surface area contributed by atoms with Crippen molar-refractivity contribution in [2.75, 3.05) is 0 Å². The molecule has 0 bridgehead atoms. The van der Waals surface area contributed by atoms with Crippen molar-refractivity contribution < 1.29 is 19.4 Å². The van der Waals surface area contributed by atoms with Crippen molar-refractivity contribution in [2.24, 2.45) is 5.73 Å². The average Bonchev–Trinajstić information content (AvgIpc) is 2.44. The predicted octanol–water partition coefficient (Wildman–Crippen LogP) is 0.909. The number of carbonyl (C=O) groups excluding carboxylic acids is 2. The van der Waals surface area contributed by atoms with Crippen LogP contribution in [-0.2, 0) is 16.1 Å². The average molecular weight is 302 g/mol. The van der Waals surface area contributed by atoms with E-state index in [2.05, 4.69) is 4.98 Å². The van der Waals surface area contributed by atoms with Crippen molar-refractivity contribution in [3.05, 3.63) is 51.9 Å². The van der Waals surface area contributed by atoms with Gasteiger partial charge in [0.1, 0.15) is 12.4 Å². The lowest BCUT2D eigenvalue weighted by atomic mass is 10.0. The number of rotatable bonds is 4. The Hall–Kier alpha value is -3.09. The Kier molecular flexibility index (Phi) is 4.26. The Morgan fingerprint density at radius 1 is 1.32 bits per heavy atom. The lowest BCUT2D eigenvalue weighted by Crippen LogP contribution is -2.13. The molecule has 1 aromatic carbocycles. The molecular formula is C15H14N2O5. The van der Waals surface area contributed by atoms with Crippen LogP contribution in [0.15, 0.2) is 35.1 Å². The van der Waals surface area contributed by atoms with Gasteiger partial charge >= 0.3 is 5.97 Å². The number of aromatic nitrogens is 1. The van der Waals surface area contributed by atoms with Crippen LogP contribution in [-0.4, -0.2) is 22.0 Å². The van der Waals surface area contributed by atoms with Gasteiger partial charge in [-0.25, -0.2) is 0 Å². The number of hydrogen-bond acceptors (Lipinski definition) is 5. The summed E-state index contributed by atoms with van der Waals surface area (Å²) in [4.78, 5) is 36.2. The zero-order valence-corrected chi connectivity index (χ0v) is 11.8. The first kappa shape index (κ1) is 15.3. The number of aromatic amines is 1. The Morgan fingerprint density at radius 3 is 2.68 bits per heavy atom.